The van der Waals surface area contributed by atoms with Gasteiger partial charge in [-0.3, -0.25) is 0 Å². The standard InChI is InChI=1S/C18H20N2O3S/c1-12-9-15-5-6-16(10-12)20(15)24(21,22)17-7-3-14(4-8-17)18-11-23-13(2)19-18/h3-4,7-8,11,15-16H,1,5-6,9-10H2,2H3. The first-order valence-electron chi connectivity index (χ1n) is 8.18. The van der Waals surface area contributed by atoms with Crippen molar-refractivity contribution in [2.75, 3.05) is 0 Å². The third-order valence-electron chi connectivity index (χ3n) is 4.95. The van der Waals surface area contributed by atoms with Gasteiger partial charge in [0.1, 0.15) is 12.0 Å². The first-order chi connectivity index (χ1) is 11.4. The molecule has 4 rings (SSSR count). The summed E-state index contributed by atoms with van der Waals surface area (Å²) in [5, 5.41) is 0. The van der Waals surface area contributed by atoms with E-state index in [1.165, 1.54) is 5.57 Å². The summed E-state index contributed by atoms with van der Waals surface area (Å²) in [4.78, 5) is 4.61. The van der Waals surface area contributed by atoms with Gasteiger partial charge in [0.2, 0.25) is 10.0 Å². The minimum absolute atomic E-state index is 0.0686. The molecule has 24 heavy (non-hydrogen) atoms. The van der Waals surface area contributed by atoms with Gasteiger partial charge in [-0.1, -0.05) is 24.3 Å². The fourth-order valence-corrected chi connectivity index (χ4v) is 5.75. The van der Waals surface area contributed by atoms with E-state index in [1.807, 2.05) is 0 Å². The molecule has 2 bridgehead atoms. The minimum Gasteiger partial charge on any atom is -0.449 e. The zero-order valence-electron chi connectivity index (χ0n) is 13.6. The average Bonchev–Trinajstić information content (AvgIpc) is 3.10. The largest absolute Gasteiger partial charge is 0.449 e. The van der Waals surface area contributed by atoms with Crippen LogP contribution in [0.4, 0.5) is 0 Å². The minimum atomic E-state index is -3.47. The highest BCUT2D eigenvalue weighted by Crippen LogP contribution is 2.41. The summed E-state index contributed by atoms with van der Waals surface area (Å²) in [5.41, 5.74) is 2.73. The SMILES string of the molecule is C=C1CC2CCC(C1)N2S(=O)(=O)c1ccc(-c2coc(C)n2)cc1. The van der Waals surface area contributed by atoms with Crippen LogP contribution in [0.2, 0.25) is 0 Å². The van der Waals surface area contributed by atoms with Gasteiger partial charge in [-0.05, 0) is 37.8 Å². The Morgan fingerprint density at radius 3 is 2.33 bits per heavy atom. The number of hydrogen-bond donors (Lipinski definition) is 0. The van der Waals surface area contributed by atoms with Gasteiger partial charge >= 0.3 is 0 Å². The molecule has 0 aliphatic carbocycles. The normalized spacial score (nSPS) is 24.5. The van der Waals surface area contributed by atoms with Crippen LogP contribution >= 0.6 is 0 Å². The van der Waals surface area contributed by atoms with E-state index in [9.17, 15) is 8.42 Å². The molecule has 0 amide bonds. The van der Waals surface area contributed by atoms with Crippen molar-refractivity contribution in [1.29, 1.82) is 0 Å². The Kier molecular flexibility index (Phi) is 3.62. The topological polar surface area (TPSA) is 63.4 Å². The van der Waals surface area contributed by atoms with Crippen LogP contribution in [-0.4, -0.2) is 29.8 Å². The molecule has 0 radical (unpaired) electrons. The van der Waals surface area contributed by atoms with E-state index in [4.69, 9.17) is 4.42 Å². The van der Waals surface area contributed by atoms with Crippen molar-refractivity contribution in [2.45, 2.75) is 49.6 Å². The predicted molar refractivity (Wildman–Crippen MR) is 90.9 cm³/mol. The van der Waals surface area contributed by atoms with Crippen LogP contribution in [0.1, 0.15) is 31.6 Å². The average molecular weight is 344 g/mol. The predicted octanol–water partition coefficient (Wildman–Crippen LogP) is 3.52. The van der Waals surface area contributed by atoms with Crippen LogP contribution in [0.15, 0.2) is 52.0 Å². The lowest BCUT2D eigenvalue weighted by Gasteiger charge is -2.34. The van der Waals surface area contributed by atoms with E-state index in [1.54, 1.807) is 41.8 Å². The fourth-order valence-electron chi connectivity index (χ4n) is 3.88. The lowest BCUT2D eigenvalue weighted by molar-refractivity contribution is 0.286. The zero-order valence-corrected chi connectivity index (χ0v) is 14.4. The molecule has 6 heteroatoms. The maximum Gasteiger partial charge on any atom is 0.243 e. The Labute approximate surface area is 142 Å². The highest BCUT2D eigenvalue weighted by Gasteiger charge is 2.45. The molecule has 0 saturated carbocycles. The van der Waals surface area contributed by atoms with Gasteiger partial charge in [0, 0.05) is 24.6 Å². The van der Waals surface area contributed by atoms with Gasteiger partial charge in [0.15, 0.2) is 5.89 Å². The number of benzene rings is 1. The van der Waals surface area contributed by atoms with Gasteiger partial charge in [0.25, 0.3) is 0 Å². The first-order valence-corrected chi connectivity index (χ1v) is 9.62. The molecule has 5 nitrogen and oxygen atoms in total. The lowest BCUT2D eigenvalue weighted by Crippen LogP contribution is -2.44. The summed E-state index contributed by atoms with van der Waals surface area (Å²) < 4.78 is 33.1. The van der Waals surface area contributed by atoms with Crippen molar-refractivity contribution in [3.63, 3.8) is 0 Å². The summed E-state index contributed by atoms with van der Waals surface area (Å²) in [6.07, 6.45) is 5.01. The smallest absolute Gasteiger partial charge is 0.243 e. The van der Waals surface area contributed by atoms with Gasteiger partial charge in [0.05, 0.1) is 4.90 Å². The third kappa shape index (κ3) is 2.50. The Morgan fingerprint density at radius 2 is 1.79 bits per heavy atom. The van der Waals surface area contributed by atoms with Gasteiger partial charge in [-0.25, -0.2) is 13.4 Å². The van der Waals surface area contributed by atoms with Crippen LogP contribution in [0.3, 0.4) is 0 Å². The summed E-state index contributed by atoms with van der Waals surface area (Å²) in [5.74, 6) is 0.590. The van der Waals surface area contributed by atoms with E-state index in [2.05, 4.69) is 11.6 Å². The Bertz CT molecular complexity index is 867. The molecule has 2 aliphatic heterocycles. The van der Waals surface area contributed by atoms with Crippen molar-refractivity contribution in [3.8, 4) is 11.3 Å². The molecule has 0 N–H and O–H groups in total. The molecule has 3 heterocycles. The van der Waals surface area contributed by atoms with Gasteiger partial charge in [-0.2, -0.15) is 4.31 Å². The summed E-state index contributed by atoms with van der Waals surface area (Å²) >= 11 is 0. The molecule has 0 spiro atoms. The van der Waals surface area contributed by atoms with Crippen molar-refractivity contribution in [3.05, 3.63) is 48.6 Å². The summed E-state index contributed by atoms with van der Waals surface area (Å²) in [7, 11) is -3.47. The molecule has 2 aliphatic rings. The zero-order chi connectivity index (χ0) is 16.9. The fraction of sp³-hybridized carbons (Fsp3) is 0.389. The molecule has 1 aromatic carbocycles. The van der Waals surface area contributed by atoms with Crippen molar-refractivity contribution < 1.29 is 12.8 Å². The Hall–Kier alpha value is -1.92. The van der Waals surface area contributed by atoms with E-state index in [0.717, 1.165) is 31.2 Å². The molecular formula is C18H20N2O3S. The molecule has 1 aromatic heterocycles. The summed E-state index contributed by atoms with van der Waals surface area (Å²) in [6.45, 7) is 5.83. The van der Waals surface area contributed by atoms with Crippen LogP contribution in [-0.2, 0) is 10.0 Å². The monoisotopic (exact) mass is 344 g/mol. The lowest BCUT2D eigenvalue weighted by atomic mass is 10.0. The Balaban J connectivity index is 1.64. The number of nitrogens with zero attached hydrogens (tertiary/aromatic N) is 2. The van der Waals surface area contributed by atoms with Crippen LogP contribution < -0.4 is 0 Å². The van der Waals surface area contributed by atoms with E-state index in [-0.39, 0.29) is 12.1 Å². The maximum absolute atomic E-state index is 13.1. The van der Waals surface area contributed by atoms with Crippen molar-refractivity contribution in [2.24, 2.45) is 0 Å². The van der Waals surface area contributed by atoms with Crippen LogP contribution in [0.25, 0.3) is 11.3 Å². The van der Waals surface area contributed by atoms with E-state index in [0.29, 0.717) is 16.5 Å². The molecule has 126 valence electrons. The molecular weight excluding hydrogens is 324 g/mol. The van der Waals surface area contributed by atoms with E-state index >= 15 is 0 Å². The molecule has 2 aromatic rings. The Morgan fingerprint density at radius 1 is 1.17 bits per heavy atom. The molecule has 2 atom stereocenters. The second-order valence-electron chi connectivity index (χ2n) is 6.65. The second-order valence-corrected chi connectivity index (χ2v) is 8.50. The van der Waals surface area contributed by atoms with E-state index < -0.39 is 10.0 Å². The van der Waals surface area contributed by atoms with Crippen LogP contribution in [0.5, 0.6) is 0 Å². The number of oxazole rings is 1. The van der Waals surface area contributed by atoms with Crippen LogP contribution in [0, 0.1) is 6.92 Å². The van der Waals surface area contributed by atoms with Gasteiger partial charge < -0.3 is 4.42 Å². The number of aromatic nitrogens is 1. The maximum atomic E-state index is 13.1. The summed E-state index contributed by atoms with van der Waals surface area (Å²) in [6, 6.07) is 7.04. The molecule has 2 unspecified atom stereocenters. The number of fused-ring (bicyclic) bond motifs is 2. The number of aryl methyl sites for hydroxylation is 1. The number of hydrogen-bond acceptors (Lipinski definition) is 4. The highest BCUT2D eigenvalue weighted by atomic mass is 32.2. The van der Waals surface area contributed by atoms with Gasteiger partial charge in [-0.15, -0.1) is 0 Å². The number of rotatable bonds is 3. The number of sulfonamides is 1. The third-order valence-corrected chi connectivity index (χ3v) is 6.97. The molecule has 2 fully saturated rings. The molecule has 2 saturated heterocycles. The van der Waals surface area contributed by atoms with Crippen molar-refractivity contribution in [1.82, 2.24) is 9.29 Å². The second kappa shape index (κ2) is 5.57. The first kappa shape index (κ1) is 15.6. The number of piperidine rings is 1. The van der Waals surface area contributed by atoms with Crippen molar-refractivity contribution >= 4 is 10.0 Å². The highest BCUT2D eigenvalue weighted by molar-refractivity contribution is 7.89. The quantitative estimate of drug-likeness (QED) is 0.799.